The minimum absolute atomic E-state index is 0.0271. The molecule has 1 aliphatic rings. The van der Waals surface area contributed by atoms with Crippen LogP contribution in [0.4, 0.5) is 0 Å². The van der Waals surface area contributed by atoms with E-state index in [4.69, 9.17) is 23.2 Å². The van der Waals surface area contributed by atoms with Crippen molar-refractivity contribution in [2.45, 2.75) is 43.7 Å². The average molecular weight is 432 g/mol. The molecular weight excluding hydrogens is 413 g/mol. The third-order valence-corrected chi connectivity index (χ3v) is 6.42. The summed E-state index contributed by atoms with van der Waals surface area (Å²) in [4.78, 5) is 12.3. The first-order valence-electron chi connectivity index (χ1n) is 8.48. The third kappa shape index (κ3) is 4.78. The van der Waals surface area contributed by atoms with E-state index in [1.54, 1.807) is 6.33 Å². The number of carbonyl (C=O) groups is 1. The molecule has 0 unspecified atom stereocenters. The number of hydrogen-bond acceptors (Lipinski definition) is 5. The summed E-state index contributed by atoms with van der Waals surface area (Å²) in [6, 6.07) is 2.40. The molecule has 2 aromatic rings. The highest BCUT2D eigenvalue weighted by atomic mass is 35.5. The molecule has 1 aliphatic carbocycles. The molecule has 8 nitrogen and oxygen atoms in total. The zero-order chi connectivity index (χ0) is 19.6. The van der Waals surface area contributed by atoms with Gasteiger partial charge in [0.15, 0.2) is 0 Å². The molecule has 0 aliphatic heterocycles. The molecule has 1 amide bonds. The quantitative estimate of drug-likeness (QED) is 0.664. The lowest BCUT2D eigenvalue weighted by Crippen LogP contribution is -2.28. The number of aromatic nitrogens is 3. The number of amides is 1. The molecule has 0 radical (unpaired) electrons. The van der Waals surface area contributed by atoms with Crippen LogP contribution in [0.5, 0.6) is 0 Å². The number of halogens is 2. The van der Waals surface area contributed by atoms with Crippen LogP contribution in [-0.4, -0.2) is 41.7 Å². The van der Waals surface area contributed by atoms with E-state index in [0.29, 0.717) is 13.0 Å². The average Bonchev–Trinajstić information content (AvgIpc) is 3.28. The Morgan fingerprint density at radius 2 is 2.04 bits per heavy atom. The van der Waals surface area contributed by atoms with Crippen molar-refractivity contribution in [2.24, 2.45) is 0 Å². The number of sulfonamides is 1. The first-order chi connectivity index (χ1) is 12.8. The number of carbonyl (C=O) groups excluding carboxylic acids is 1. The summed E-state index contributed by atoms with van der Waals surface area (Å²) in [6.45, 7) is 3.00. The molecule has 3 rings (SSSR count). The molecule has 1 saturated carbocycles. The largest absolute Gasteiger partial charge is 0.352 e. The lowest BCUT2D eigenvalue weighted by molar-refractivity contribution is 0.0954. The maximum Gasteiger partial charge on any atom is 0.252 e. The first kappa shape index (κ1) is 20.1. The number of nitrogens with zero attached hydrogens (tertiary/aromatic N) is 3. The SMILES string of the molecule is CCn1cnnc1CCNC(=O)c1cc(S(=O)(=O)NC2CC2)c(Cl)cc1Cl. The number of hydrogen-bond donors (Lipinski definition) is 2. The van der Waals surface area contributed by atoms with Crippen LogP contribution in [0.25, 0.3) is 0 Å². The Morgan fingerprint density at radius 3 is 2.70 bits per heavy atom. The van der Waals surface area contributed by atoms with Gasteiger partial charge in [0.05, 0.1) is 15.6 Å². The van der Waals surface area contributed by atoms with Crippen LogP contribution >= 0.6 is 23.2 Å². The molecule has 0 spiro atoms. The zero-order valence-corrected chi connectivity index (χ0v) is 16.9. The zero-order valence-electron chi connectivity index (χ0n) is 14.6. The van der Waals surface area contributed by atoms with Gasteiger partial charge in [0.2, 0.25) is 10.0 Å². The summed E-state index contributed by atoms with van der Waals surface area (Å²) < 4.78 is 29.3. The molecule has 1 heterocycles. The van der Waals surface area contributed by atoms with Gasteiger partial charge in [-0.1, -0.05) is 23.2 Å². The highest BCUT2D eigenvalue weighted by Gasteiger charge is 2.30. The summed E-state index contributed by atoms with van der Waals surface area (Å²) in [5, 5.41) is 10.6. The van der Waals surface area contributed by atoms with E-state index in [2.05, 4.69) is 20.2 Å². The van der Waals surface area contributed by atoms with Crippen molar-refractivity contribution >= 4 is 39.1 Å². The number of benzene rings is 1. The van der Waals surface area contributed by atoms with Crippen molar-refractivity contribution < 1.29 is 13.2 Å². The van der Waals surface area contributed by atoms with Gasteiger partial charge in [0.1, 0.15) is 17.0 Å². The van der Waals surface area contributed by atoms with Crippen molar-refractivity contribution in [3.63, 3.8) is 0 Å². The fourth-order valence-corrected chi connectivity index (χ4v) is 4.68. The van der Waals surface area contributed by atoms with E-state index in [0.717, 1.165) is 25.2 Å². The van der Waals surface area contributed by atoms with E-state index in [9.17, 15) is 13.2 Å². The second kappa shape index (κ2) is 8.14. The predicted molar refractivity (Wildman–Crippen MR) is 102 cm³/mol. The Morgan fingerprint density at radius 1 is 1.30 bits per heavy atom. The molecule has 146 valence electrons. The van der Waals surface area contributed by atoms with Gasteiger partial charge in [-0.2, -0.15) is 0 Å². The van der Waals surface area contributed by atoms with Gasteiger partial charge in [-0.15, -0.1) is 10.2 Å². The minimum atomic E-state index is -3.81. The maximum absolute atomic E-state index is 12.5. The Balaban J connectivity index is 1.73. The van der Waals surface area contributed by atoms with Crippen molar-refractivity contribution in [3.05, 3.63) is 39.9 Å². The minimum Gasteiger partial charge on any atom is -0.352 e. The van der Waals surface area contributed by atoms with Crippen LogP contribution in [0.15, 0.2) is 23.4 Å². The van der Waals surface area contributed by atoms with E-state index < -0.39 is 15.9 Å². The molecular formula is C16H19Cl2N5O3S. The highest BCUT2D eigenvalue weighted by Crippen LogP contribution is 2.30. The monoisotopic (exact) mass is 431 g/mol. The predicted octanol–water partition coefficient (Wildman–Crippen LogP) is 2.02. The molecule has 1 aromatic heterocycles. The molecule has 1 aromatic carbocycles. The fourth-order valence-electron chi connectivity index (χ4n) is 2.51. The van der Waals surface area contributed by atoms with Crippen molar-refractivity contribution in [2.75, 3.05) is 6.54 Å². The van der Waals surface area contributed by atoms with E-state index in [1.165, 1.54) is 12.1 Å². The van der Waals surface area contributed by atoms with Crippen molar-refractivity contribution in [3.8, 4) is 0 Å². The lowest BCUT2D eigenvalue weighted by Gasteiger charge is -2.12. The van der Waals surface area contributed by atoms with Crippen molar-refractivity contribution in [1.82, 2.24) is 24.8 Å². The topological polar surface area (TPSA) is 106 Å². The van der Waals surface area contributed by atoms with Gasteiger partial charge < -0.3 is 9.88 Å². The van der Waals surface area contributed by atoms with Crippen LogP contribution in [-0.2, 0) is 23.0 Å². The molecule has 11 heteroatoms. The van der Waals surface area contributed by atoms with Crippen LogP contribution in [0.2, 0.25) is 10.0 Å². The van der Waals surface area contributed by atoms with Crippen LogP contribution in [0, 0.1) is 0 Å². The fraction of sp³-hybridized carbons (Fsp3) is 0.438. The summed E-state index contributed by atoms with van der Waals surface area (Å²) >= 11 is 12.2. The molecule has 27 heavy (non-hydrogen) atoms. The number of nitrogens with one attached hydrogen (secondary N) is 2. The lowest BCUT2D eigenvalue weighted by atomic mass is 10.2. The second-order valence-corrected chi connectivity index (χ2v) is 8.69. The Bertz CT molecular complexity index is 957. The van der Waals surface area contributed by atoms with Gasteiger partial charge in [-0.25, -0.2) is 13.1 Å². The van der Waals surface area contributed by atoms with Crippen LogP contribution in [0.1, 0.15) is 35.9 Å². The van der Waals surface area contributed by atoms with E-state index in [1.807, 2.05) is 11.5 Å². The molecule has 0 saturated heterocycles. The molecule has 1 fully saturated rings. The summed E-state index contributed by atoms with van der Waals surface area (Å²) in [5.74, 6) is 0.263. The Hall–Kier alpha value is -1.68. The molecule has 2 N–H and O–H groups in total. The number of rotatable bonds is 8. The highest BCUT2D eigenvalue weighted by molar-refractivity contribution is 7.89. The normalized spacial score (nSPS) is 14.3. The Labute approximate surface area is 167 Å². The summed E-state index contributed by atoms with van der Waals surface area (Å²) in [5.41, 5.74) is 0.0502. The van der Waals surface area contributed by atoms with Crippen molar-refractivity contribution in [1.29, 1.82) is 0 Å². The van der Waals surface area contributed by atoms with Gasteiger partial charge in [-0.3, -0.25) is 4.79 Å². The molecule has 0 atom stereocenters. The standard InChI is InChI=1S/C16H19Cl2N5O3S/c1-2-23-9-20-21-15(23)5-6-19-16(24)11-7-14(13(18)8-12(11)17)27(25,26)22-10-3-4-10/h7-10,22H,2-6H2,1H3,(H,19,24). The number of aryl methyl sites for hydroxylation is 1. The van der Waals surface area contributed by atoms with Gasteiger partial charge in [0, 0.05) is 25.6 Å². The van der Waals surface area contributed by atoms with Crippen LogP contribution < -0.4 is 10.0 Å². The van der Waals surface area contributed by atoms with E-state index in [-0.39, 0.29) is 26.5 Å². The van der Waals surface area contributed by atoms with Gasteiger partial charge in [0.25, 0.3) is 5.91 Å². The van der Waals surface area contributed by atoms with Crippen LogP contribution in [0.3, 0.4) is 0 Å². The second-order valence-electron chi connectivity index (χ2n) is 6.20. The van der Waals surface area contributed by atoms with E-state index >= 15 is 0 Å². The maximum atomic E-state index is 12.5. The smallest absolute Gasteiger partial charge is 0.252 e. The summed E-state index contributed by atoms with van der Waals surface area (Å²) in [6.07, 6.45) is 3.69. The summed E-state index contributed by atoms with van der Waals surface area (Å²) in [7, 11) is -3.81. The first-order valence-corrected chi connectivity index (χ1v) is 10.7. The Kier molecular flexibility index (Phi) is 6.05. The van der Waals surface area contributed by atoms with Gasteiger partial charge in [-0.05, 0) is 31.9 Å². The molecule has 0 bridgehead atoms. The van der Waals surface area contributed by atoms with Gasteiger partial charge >= 0.3 is 0 Å². The third-order valence-electron chi connectivity index (χ3n) is 4.13.